The van der Waals surface area contributed by atoms with Crippen LogP contribution in [0.1, 0.15) is 42.5 Å². The van der Waals surface area contributed by atoms with Crippen LogP contribution in [0.5, 0.6) is 0 Å². The molecule has 0 radical (unpaired) electrons. The Morgan fingerprint density at radius 2 is 1.68 bits per heavy atom. The van der Waals surface area contributed by atoms with Gasteiger partial charge < -0.3 is 4.74 Å². The van der Waals surface area contributed by atoms with E-state index in [1.165, 1.54) is 4.90 Å². The number of aromatic nitrogens is 2. The molecular formula is C32H28N4O5. The number of rotatable bonds is 4. The molecule has 0 saturated carbocycles. The van der Waals surface area contributed by atoms with E-state index in [9.17, 15) is 19.2 Å². The molecule has 3 aliphatic heterocycles. The van der Waals surface area contributed by atoms with Gasteiger partial charge in [-0.1, -0.05) is 44.2 Å². The molecule has 1 aromatic heterocycles. The first-order chi connectivity index (χ1) is 19.8. The van der Waals surface area contributed by atoms with Crippen molar-refractivity contribution in [3.05, 3.63) is 100 Å². The summed E-state index contributed by atoms with van der Waals surface area (Å²) in [6, 6.07) is 20.6. The summed E-state index contributed by atoms with van der Waals surface area (Å²) in [5, 5.41) is 4.17. The van der Waals surface area contributed by atoms with Crippen molar-refractivity contribution in [3.8, 4) is 5.69 Å². The summed E-state index contributed by atoms with van der Waals surface area (Å²) in [5.41, 5.74) is 1.25. The SMILES string of the molecule is CCOC(=O)c1ccc(N2C(=O)[C@@H]3[C@H](C(C)C)N[C@@]4(c5ccccc5-n5c4nc4ccccc4c5=O)[C@H]3C2=O)cc1. The number of esters is 1. The van der Waals surface area contributed by atoms with Crippen LogP contribution in [0.15, 0.2) is 77.6 Å². The summed E-state index contributed by atoms with van der Waals surface area (Å²) in [7, 11) is 0. The molecule has 7 rings (SSSR count). The van der Waals surface area contributed by atoms with E-state index in [4.69, 9.17) is 9.72 Å². The lowest BCUT2D eigenvalue weighted by molar-refractivity contribution is -0.123. The molecule has 4 aromatic rings. The Hall–Kier alpha value is -4.63. The Labute approximate surface area is 235 Å². The third kappa shape index (κ3) is 3.29. The van der Waals surface area contributed by atoms with Gasteiger partial charge in [-0.25, -0.2) is 14.7 Å². The van der Waals surface area contributed by atoms with Crippen LogP contribution in [0.4, 0.5) is 5.69 Å². The second kappa shape index (κ2) is 8.94. The van der Waals surface area contributed by atoms with Gasteiger partial charge in [0.25, 0.3) is 5.56 Å². The number of fused-ring (bicyclic) bond motifs is 8. The first-order valence-corrected chi connectivity index (χ1v) is 13.8. The molecule has 41 heavy (non-hydrogen) atoms. The lowest BCUT2D eigenvalue weighted by Gasteiger charge is -2.32. The van der Waals surface area contributed by atoms with Crippen molar-refractivity contribution >= 4 is 34.4 Å². The molecular weight excluding hydrogens is 520 g/mol. The summed E-state index contributed by atoms with van der Waals surface area (Å²) in [4.78, 5) is 60.9. The van der Waals surface area contributed by atoms with Crippen molar-refractivity contribution in [2.75, 3.05) is 11.5 Å². The summed E-state index contributed by atoms with van der Waals surface area (Å²) in [6.07, 6.45) is 0. The van der Waals surface area contributed by atoms with E-state index in [0.717, 1.165) is 5.56 Å². The molecule has 206 valence electrons. The molecule has 4 heterocycles. The molecule has 1 N–H and O–H groups in total. The number of para-hydroxylation sites is 2. The van der Waals surface area contributed by atoms with Gasteiger partial charge in [-0.2, -0.15) is 0 Å². The maximum absolute atomic E-state index is 14.5. The number of benzene rings is 3. The first kappa shape index (κ1) is 25.3. The van der Waals surface area contributed by atoms with Gasteiger partial charge in [0, 0.05) is 11.6 Å². The number of ether oxygens (including phenoxy) is 1. The Balaban J connectivity index is 1.43. The van der Waals surface area contributed by atoms with Crippen molar-refractivity contribution in [1.29, 1.82) is 0 Å². The van der Waals surface area contributed by atoms with Gasteiger partial charge in [-0.3, -0.25) is 24.3 Å². The molecule has 9 nitrogen and oxygen atoms in total. The lowest BCUT2D eigenvalue weighted by atomic mass is 9.75. The highest BCUT2D eigenvalue weighted by Crippen LogP contribution is 2.56. The summed E-state index contributed by atoms with van der Waals surface area (Å²) >= 11 is 0. The van der Waals surface area contributed by atoms with E-state index in [1.807, 2.05) is 44.2 Å². The number of carbonyl (C=O) groups excluding carboxylic acids is 3. The van der Waals surface area contributed by atoms with E-state index in [2.05, 4.69) is 5.32 Å². The van der Waals surface area contributed by atoms with E-state index in [-0.39, 0.29) is 35.9 Å². The fourth-order valence-electron chi connectivity index (χ4n) is 6.94. The highest BCUT2D eigenvalue weighted by atomic mass is 16.5. The van der Waals surface area contributed by atoms with E-state index in [0.29, 0.717) is 33.7 Å². The first-order valence-electron chi connectivity index (χ1n) is 13.8. The maximum atomic E-state index is 14.5. The number of imide groups is 1. The minimum absolute atomic E-state index is 0.00171. The molecule has 3 aliphatic rings. The van der Waals surface area contributed by atoms with Crippen LogP contribution >= 0.6 is 0 Å². The van der Waals surface area contributed by atoms with E-state index in [1.54, 1.807) is 54.0 Å². The van der Waals surface area contributed by atoms with Crippen LogP contribution in [0.3, 0.4) is 0 Å². The van der Waals surface area contributed by atoms with Gasteiger partial charge in [0.2, 0.25) is 11.8 Å². The second-order valence-corrected chi connectivity index (χ2v) is 11.1. The third-order valence-electron chi connectivity index (χ3n) is 8.65. The topological polar surface area (TPSA) is 111 Å². The van der Waals surface area contributed by atoms with Gasteiger partial charge in [-0.15, -0.1) is 0 Å². The molecule has 3 aromatic carbocycles. The zero-order chi connectivity index (χ0) is 28.6. The molecule has 0 aliphatic carbocycles. The monoisotopic (exact) mass is 548 g/mol. The summed E-state index contributed by atoms with van der Waals surface area (Å²) in [6.45, 7) is 6.01. The van der Waals surface area contributed by atoms with Gasteiger partial charge in [0.15, 0.2) is 0 Å². The number of carbonyl (C=O) groups is 3. The van der Waals surface area contributed by atoms with Crippen molar-refractivity contribution in [2.45, 2.75) is 32.4 Å². The summed E-state index contributed by atoms with van der Waals surface area (Å²) < 4.78 is 6.67. The zero-order valence-corrected chi connectivity index (χ0v) is 22.8. The van der Waals surface area contributed by atoms with Crippen LogP contribution in [0, 0.1) is 17.8 Å². The number of nitrogens with one attached hydrogen (secondary N) is 1. The van der Waals surface area contributed by atoms with E-state index >= 15 is 0 Å². The number of hydrogen-bond acceptors (Lipinski definition) is 7. The van der Waals surface area contributed by atoms with Gasteiger partial charge >= 0.3 is 5.97 Å². The van der Waals surface area contributed by atoms with Gasteiger partial charge in [0.05, 0.1) is 46.3 Å². The van der Waals surface area contributed by atoms with Crippen molar-refractivity contribution < 1.29 is 19.1 Å². The van der Waals surface area contributed by atoms with Gasteiger partial charge in [0.1, 0.15) is 11.4 Å². The highest BCUT2D eigenvalue weighted by molar-refractivity contribution is 6.23. The molecule has 4 atom stereocenters. The lowest BCUT2D eigenvalue weighted by Crippen LogP contribution is -2.51. The van der Waals surface area contributed by atoms with Gasteiger partial charge in [-0.05, 0) is 55.3 Å². The van der Waals surface area contributed by atoms with Crippen LogP contribution < -0.4 is 15.8 Å². The fraction of sp³-hybridized carbons (Fsp3) is 0.281. The second-order valence-electron chi connectivity index (χ2n) is 11.1. The summed E-state index contributed by atoms with van der Waals surface area (Å²) in [5.74, 6) is -2.26. The predicted octanol–water partition coefficient (Wildman–Crippen LogP) is 3.55. The van der Waals surface area contributed by atoms with Crippen LogP contribution in [-0.2, 0) is 19.9 Å². The molecule has 2 saturated heterocycles. The quantitative estimate of drug-likeness (QED) is 0.307. The normalized spacial score (nSPS) is 24.3. The van der Waals surface area contributed by atoms with Crippen molar-refractivity contribution in [3.63, 3.8) is 0 Å². The maximum Gasteiger partial charge on any atom is 0.338 e. The fourth-order valence-corrected chi connectivity index (χ4v) is 6.94. The van der Waals surface area contributed by atoms with Crippen LogP contribution in [-0.4, -0.2) is 40.0 Å². The molecule has 2 amide bonds. The molecule has 0 unspecified atom stereocenters. The van der Waals surface area contributed by atoms with Crippen LogP contribution in [0.25, 0.3) is 16.6 Å². The Morgan fingerprint density at radius 1 is 0.976 bits per heavy atom. The van der Waals surface area contributed by atoms with E-state index < -0.39 is 23.3 Å². The van der Waals surface area contributed by atoms with Crippen molar-refractivity contribution in [2.24, 2.45) is 17.8 Å². The predicted molar refractivity (Wildman–Crippen MR) is 152 cm³/mol. The Kier molecular flexibility index (Phi) is 5.53. The number of amides is 2. The standard InChI is InChI=1S/C32H28N4O5/c1-4-41-30(40)18-13-15-19(16-14-18)35-28(38)24-25(29(35)39)32(34-26(24)17(2)3)21-10-6-8-12-23(21)36-27(37)20-9-5-7-11-22(20)33-31(32)36/h5-17,24-26,34H,4H2,1-3H3/t24-,25+,26-,32-/m0/s1. The molecule has 2 fully saturated rings. The minimum Gasteiger partial charge on any atom is -0.462 e. The highest BCUT2D eigenvalue weighted by Gasteiger charge is 2.70. The Morgan fingerprint density at radius 3 is 2.41 bits per heavy atom. The average molecular weight is 549 g/mol. The average Bonchev–Trinajstić information content (AvgIpc) is 3.57. The Bertz CT molecular complexity index is 1830. The smallest absolute Gasteiger partial charge is 0.338 e. The zero-order valence-electron chi connectivity index (χ0n) is 22.8. The third-order valence-corrected chi connectivity index (χ3v) is 8.65. The number of hydrogen-bond donors (Lipinski definition) is 1. The molecule has 9 heteroatoms. The minimum atomic E-state index is -1.19. The molecule has 0 bridgehead atoms. The largest absolute Gasteiger partial charge is 0.462 e. The number of nitrogens with zero attached hydrogens (tertiary/aromatic N) is 3. The van der Waals surface area contributed by atoms with Crippen LogP contribution in [0.2, 0.25) is 0 Å². The number of anilines is 1. The van der Waals surface area contributed by atoms with Crippen molar-refractivity contribution in [1.82, 2.24) is 14.9 Å². The molecule has 1 spiro atoms.